The Labute approximate surface area is 377 Å². The molecule has 0 aliphatic carbocycles. The zero-order valence-electron chi connectivity index (χ0n) is 34.2. The predicted octanol–water partition coefficient (Wildman–Crippen LogP) is 12.6. The van der Waals surface area contributed by atoms with E-state index in [2.05, 4.69) is 75.0 Å². The van der Waals surface area contributed by atoms with Crippen molar-refractivity contribution in [1.29, 1.82) is 0 Å². The van der Waals surface area contributed by atoms with E-state index in [9.17, 15) is 19.2 Å². The van der Waals surface area contributed by atoms with Crippen LogP contribution in [0.2, 0.25) is 0 Å². The van der Waals surface area contributed by atoms with Crippen molar-refractivity contribution in [2.75, 3.05) is 36.1 Å². The fraction of sp³-hybridized carbons (Fsp3) is 0.902. The Bertz CT molecular complexity index is 894. The largest absolute Gasteiger partial charge is 0.356 e. The standard InChI is InChI=1S/C11H21NOS2.C11H23NOS2.C9H16OS2.C9H18OS2.CH4/c1-2-8-12-11(13)6-4-3-5-10-7-9-14-15-10;1-2-8-12-11(13)6-4-3-5-10(15)7-9-14;1-8(10)4-2-3-5-9-6-7-11-12-9;1-8(10)4-2-3-5-9(12)6-7-11;/h10H,2-9H2,1H3,(H,12,13);10,14-15H,2-9H2,1H3,(H,12,13);9H,2-7H2,1H3;9,11-12H,2-7H2,1H3;1H4. The van der Waals surface area contributed by atoms with Crippen molar-refractivity contribution in [1.82, 2.24) is 10.6 Å². The summed E-state index contributed by atoms with van der Waals surface area (Å²) in [6.07, 6.45) is 23.3. The second-order valence-electron chi connectivity index (χ2n) is 14.1. The van der Waals surface area contributed by atoms with Crippen molar-refractivity contribution in [2.45, 2.75) is 197 Å². The summed E-state index contributed by atoms with van der Waals surface area (Å²) in [6, 6.07) is 0. The molecule has 2 rings (SSSR count). The zero-order valence-corrected chi connectivity index (χ0v) is 41.0. The molecule has 0 saturated carbocycles. The van der Waals surface area contributed by atoms with Gasteiger partial charge in [-0.2, -0.15) is 50.5 Å². The molecule has 328 valence electrons. The van der Waals surface area contributed by atoms with Crippen LogP contribution in [0.4, 0.5) is 0 Å². The fourth-order valence-electron chi connectivity index (χ4n) is 5.24. The quantitative estimate of drug-likeness (QED) is 0.0263. The lowest BCUT2D eigenvalue weighted by atomic mass is 10.1. The average Bonchev–Trinajstić information content (AvgIpc) is 3.87. The van der Waals surface area contributed by atoms with Crippen LogP contribution in [0.25, 0.3) is 0 Å². The second-order valence-corrected chi connectivity index (χ2v) is 22.0. The minimum atomic E-state index is 0. The maximum Gasteiger partial charge on any atom is 0.219 e. The molecule has 2 N–H and O–H groups in total. The Kier molecular flexibility index (Phi) is 50.7. The van der Waals surface area contributed by atoms with Crippen molar-refractivity contribution in [3.8, 4) is 0 Å². The SMILES string of the molecule is C.CC(=O)CCCCC(S)CCS.CC(=O)CCCCC1CCSS1.CCCNC(=O)CCCCC(S)CCS.CCCNC(=O)CCCCC1CCSS1. The molecular formula is C41H82N2O4S8. The third-order valence-electron chi connectivity index (χ3n) is 8.52. The minimum absolute atomic E-state index is 0. The van der Waals surface area contributed by atoms with E-state index in [0.29, 0.717) is 34.9 Å². The van der Waals surface area contributed by atoms with Crippen LogP contribution < -0.4 is 10.6 Å². The lowest BCUT2D eigenvalue weighted by molar-refractivity contribution is -0.122. The van der Waals surface area contributed by atoms with E-state index in [-0.39, 0.29) is 19.2 Å². The summed E-state index contributed by atoms with van der Waals surface area (Å²) in [4.78, 5) is 43.7. The molecular weight excluding hydrogens is 841 g/mol. The van der Waals surface area contributed by atoms with Crippen LogP contribution in [0.1, 0.15) is 176 Å². The number of thiol groups is 4. The smallest absolute Gasteiger partial charge is 0.219 e. The Morgan fingerprint density at radius 3 is 1.27 bits per heavy atom. The number of carbonyl (C=O) groups is 4. The lowest BCUT2D eigenvalue weighted by Crippen LogP contribution is -2.23. The summed E-state index contributed by atoms with van der Waals surface area (Å²) >= 11 is 17.1. The van der Waals surface area contributed by atoms with Crippen LogP contribution in [0.5, 0.6) is 0 Å². The second kappa shape index (κ2) is 46.2. The predicted molar refractivity (Wildman–Crippen MR) is 268 cm³/mol. The highest BCUT2D eigenvalue weighted by molar-refractivity contribution is 8.77. The number of unbranched alkanes of at least 4 members (excludes halogenated alkanes) is 4. The van der Waals surface area contributed by atoms with Gasteiger partial charge >= 0.3 is 0 Å². The highest BCUT2D eigenvalue weighted by atomic mass is 33.1. The molecule has 14 heteroatoms. The van der Waals surface area contributed by atoms with E-state index in [1.807, 2.05) is 43.2 Å². The van der Waals surface area contributed by atoms with E-state index < -0.39 is 0 Å². The highest BCUT2D eigenvalue weighted by Gasteiger charge is 2.16. The summed E-state index contributed by atoms with van der Waals surface area (Å²) in [5.41, 5.74) is 0. The van der Waals surface area contributed by atoms with E-state index in [1.165, 1.54) is 50.0 Å². The number of amides is 2. The van der Waals surface area contributed by atoms with Crippen molar-refractivity contribution in [3.63, 3.8) is 0 Å². The molecule has 0 spiro atoms. The summed E-state index contributed by atoms with van der Waals surface area (Å²) in [5, 5.41) is 8.43. The molecule has 6 nitrogen and oxygen atoms in total. The highest BCUT2D eigenvalue weighted by Crippen LogP contribution is 2.40. The van der Waals surface area contributed by atoms with E-state index in [0.717, 1.165) is 125 Å². The van der Waals surface area contributed by atoms with Gasteiger partial charge in [-0.05, 0) is 115 Å². The van der Waals surface area contributed by atoms with Crippen LogP contribution in [-0.2, 0) is 19.2 Å². The topological polar surface area (TPSA) is 92.3 Å². The van der Waals surface area contributed by atoms with Gasteiger partial charge in [-0.15, -0.1) is 0 Å². The van der Waals surface area contributed by atoms with Crippen LogP contribution in [0, 0.1) is 0 Å². The van der Waals surface area contributed by atoms with E-state index in [4.69, 9.17) is 0 Å². The van der Waals surface area contributed by atoms with Crippen LogP contribution in [0.3, 0.4) is 0 Å². The first-order valence-corrected chi connectivity index (χ1v) is 27.7. The first kappa shape index (κ1) is 60.4. The van der Waals surface area contributed by atoms with E-state index in [1.54, 1.807) is 13.8 Å². The van der Waals surface area contributed by atoms with E-state index >= 15 is 0 Å². The molecule has 0 aromatic carbocycles. The third kappa shape index (κ3) is 47.6. The van der Waals surface area contributed by atoms with Crippen LogP contribution in [0.15, 0.2) is 0 Å². The molecule has 2 heterocycles. The molecule has 4 atom stereocenters. The van der Waals surface area contributed by atoms with Gasteiger partial charge in [-0.1, -0.05) is 90.1 Å². The zero-order chi connectivity index (χ0) is 40.7. The van der Waals surface area contributed by atoms with Crippen molar-refractivity contribution < 1.29 is 19.2 Å². The van der Waals surface area contributed by atoms with Gasteiger partial charge in [0.1, 0.15) is 11.6 Å². The Morgan fingerprint density at radius 1 is 0.582 bits per heavy atom. The van der Waals surface area contributed by atoms with Gasteiger partial charge in [0.2, 0.25) is 11.8 Å². The molecule has 4 unspecified atom stereocenters. The number of rotatable bonds is 28. The number of hydrogen-bond acceptors (Lipinski definition) is 12. The monoisotopic (exact) mass is 922 g/mol. The van der Waals surface area contributed by atoms with Crippen molar-refractivity contribution in [2.24, 2.45) is 0 Å². The van der Waals surface area contributed by atoms with Gasteiger partial charge < -0.3 is 20.2 Å². The first-order valence-electron chi connectivity index (χ1n) is 20.6. The first-order chi connectivity index (χ1) is 26.0. The molecule has 0 aromatic heterocycles. The molecule has 2 fully saturated rings. The average molecular weight is 924 g/mol. The van der Waals surface area contributed by atoms with Gasteiger partial charge in [0.25, 0.3) is 0 Å². The summed E-state index contributed by atoms with van der Waals surface area (Å²) in [6.45, 7) is 9.09. The van der Waals surface area contributed by atoms with Gasteiger partial charge in [0.15, 0.2) is 0 Å². The molecule has 55 heavy (non-hydrogen) atoms. The van der Waals surface area contributed by atoms with Gasteiger partial charge in [0, 0.05) is 71.3 Å². The molecule has 2 aliphatic heterocycles. The number of carbonyl (C=O) groups excluding carboxylic acids is 4. The Morgan fingerprint density at radius 2 is 0.945 bits per heavy atom. The number of Topliss-reactive ketones (excluding diaryl/α,β-unsaturated/α-hetero) is 2. The maximum atomic E-state index is 11.3. The molecule has 0 radical (unpaired) electrons. The summed E-state index contributed by atoms with van der Waals surface area (Å²) in [7, 11) is 8.06. The number of hydrogen-bond donors (Lipinski definition) is 6. The molecule has 2 amide bonds. The molecule has 2 aliphatic rings. The van der Waals surface area contributed by atoms with Crippen LogP contribution >= 0.6 is 93.7 Å². The fourth-order valence-corrected chi connectivity index (χ4v) is 13.0. The Balaban J connectivity index is -0.000000655. The van der Waals surface area contributed by atoms with Crippen LogP contribution in [-0.4, -0.2) is 80.5 Å². The summed E-state index contributed by atoms with van der Waals surface area (Å²) < 4.78 is 0. The molecule has 0 bridgehead atoms. The maximum absolute atomic E-state index is 11.3. The Hall–Kier alpha value is 1.08. The number of nitrogens with one attached hydrogen (secondary N) is 2. The van der Waals surface area contributed by atoms with Gasteiger partial charge in [-0.3, -0.25) is 9.59 Å². The molecule has 2 saturated heterocycles. The molecule has 0 aromatic rings. The number of ketones is 2. The van der Waals surface area contributed by atoms with Gasteiger partial charge in [-0.25, -0.2) is 0 Å². The van der Waals surface area contributed by atoms with Crippen molar-refractivity contribution in [3.05, 3.63) is 0 Å². The van der Waals surface area contributed by atoms with Crippen molar-refractivity contribution >= 4 is 117 Å². The minimum Gasteiger partial charge on any atom is -0.356 e. The normalized spacial score (nSPS) is 16.8. The summed E-state index contributed by atoms with van der Waals surface area (Å²) in [5.74, 6) is 5.47. The lowest BCUT2D eigenvalue weighted by Gasteiger charge is -2.08. The van der Waals surface area contributed by atoms with Gasteiger partial charge in [0.05, 0.1) is 0 Å². The third-order valence-corrected chi connectivity index (χ3v) is 16.1.